The summed E-state index contributed by atoms with van der Waals surface area (Å²) in [6.45, 7) is 5.19. The van der Waals surface area contributed by atoms with Gasteiger partial charge in [-0.3, -0.25) is 9.59 Å². The maximum absolute atomic E-state index is 11.6. The van der Waals surface area contributed by atoms with E-state index in [0.717, 1.165) is 12.8 Å². The average molecular weight is 226 g/mol. The average Bonchev–Trinajstić information content (AvgIpc) is 2.34. The number of hydrogen-bond donors (Lipinski definition) is 2. The Morgan fingerprint density at radius 2 is 2.00 bits per heavy atom. The van der Waals surface area contributed by atoms with Gasteiger partial charge in [-0.05, 0) is 12.8 Å². The van der Waals surface area contributed by atoms with E-state index in [-0.39, 0.29) is 24.3 Å². The molecule has 0 radical (unpaired) electrons. The van der Waals surface area contributed by atoms with Crippen molar-refractivity contribution in [3.63, 3.8) is 0 Å². The molecule has 0 bridgehead atoms. The van der Waals surface area contributed by atoms with Crippen molar-refractivity contribution in [1.82, 2.24) is 10.6 Å². The third-order valence-electron chi connectivity index (χ3n) is 2.46. The van der Waals surface area contributed by atoms with Crippen LogP contribution in [0.5, 0.6) is 0 Å². The van der Waals surface area contributed by atoms with E-state index in [1.165, 1.54) is 0 Å². The first-order valence-corrected chi connectivity index (χ1v) is 5.47. The first-order valence-electron chi connectivity index (χ1n) is 5.47. The van der Waals surface area contributed by atoms with E-state index in [0.29, 0.717) is 19.8 Å². The molecule has 1 aliphatic rings. The van der Waals surface area contributed by atoms with Crippen LogP contribution in [0, 0.1) is 5.92 Å². The van der Waals surface area contributed by atoms with Gasteiger partial charge < -0.3 is 15.4 Å². The van der Waals surface area contributed by atoms with Gasteiger partial charge in [0.15, 0.2) is 0 Å². The Morgan fingerprint density at radius 3 is 2.62 bits per heavy atom. The van der Waals surface area contributed by atoms with Gasteiger partial charge in [0.05, 0.1) is 6.54 Å². The van der Waals surface area contributed by atoms with E-state index in [4.69, 9.17) is 4.74 Å². The summed E-state index contributed by atoms with van der Waals surface area (Å²) in [5.74, 6) is -0.265. The Hall–Kier alpha value is -1.36. The molecule has 0 aromatic rings. The lowest BCUT2D eigenvalue weighted by molar-refractivity contribution is -0.130. The van der Waals surface area contributed by atoms with E-state index in [2.05, 4.69) is 17.2 Å². The van der Waals surface area contributed by atoms with Crippen LogP contribution < -0.4 is 10.6 Å². The van der Waals surface area contributed by atoms with E-state index in [1.807, 2.05) is 0 Å². The number of hydrogen-bond acceptors (Lipinski definition) is 3. The first kappa shape index (κ1) is 12.7. The fraction of sp³-hybridized carbons (Fsp3) is 0.636. The summed E-state index contributed by atoms with van der Waals surface area (Å²) < 4.78 is 5.16. The maximum atomic E-state index is 11.6. The second-order valence-corrected chi connectivity index (χ2v) is 3.70. The minimum Gasteiger partial charge on any atom is -0.381 e. The van der Waals surface area contributed by atoms with Gasteiger partial charge in [0.1, 0.15) is 0 Å². The van der Waals surface area contributed by atoms with E-state index in [1.54, 1.807) is 6.08 Å². The maximum Gasteiger partial charge on any atom is 0.239 e. The molecule has 0 spiro atoms. The summed E-state index contributed by atoms with van der Waals surface area (Å²) in [7, 11) is 0. The van der Waals surface area contributed by atoms with Crippen LogP contribution in [-0.2, 0) is 14.3 Å². The van der Waals surface area contributed by atoms with Gasteiger partial charge in [0, 0.05) is 25.7 Å². The molecule has 90 valence electrons. The Balaban J connectivity index is 2.18. The summed E-state index contributed by atoms with van der Waals surface area (Å²) in [5.41, 5.74) is 0. The Bertz CT molecular complexity index is 260. The molecule has 0 unspecified atom stereocenters. The molecule has 1 aliphatic heterocycles. The monoisotopic (exact) mass is 226 g/mol. The lowest BCUT2D eigenvalue weighted by Gasteiger charge is -2.20. The number of nitrogens with one attached hydrogen (secondary N) is 2. The number of rotatable bonds is 5. The molecule has 5 heteroatoms. The first-order chi connectivity index (χ1) is 7.74. The Morgan fingerprint density at radius 1 is 1.31 bits per heavy atom. The molecule has 0 aromatic carbocycles. The predicted octanol–water partition coefficient (Wildman–Crippen LogP) is -0.169. The topological polar surface area (TPSA) is 67.4 Å². The zero-order valence-corrected chi connectivity index (χ0v) is 9.33. The van der Waals surface area contributed by atoms with Crippen molar-refractivity contribution in [2.24, 2.45) is 5.92 Å². The number of carbonyl (C=O) groups is 2. The van der Waals surface area contributed by atoms with Gasteiger partial charge in [-0.25, -0.2) is 0 Å². The van der Waals surface area contributed by atoms with Crippen molar-refractivity contribution in [1.29, 1.82) is 0 Å². The number of ether oxygens (including phenoxy) is 1. The third kappa shape index (κ3) is 4.44. The smallest absolute Gasteiger partial charge is 0.239 e. The van der Waals surface area contributed by atoms with Crippen molar-refractivity contribution < 1.29 is 14.3 Å². The van der Waals surface area contributed by atoms with Gasteiger partial charge in [-0.2, -0.15) is 0 Å². The van der Waals surface area contributed by atoms with Gasteiger partial charge in [0.2, 0.25) is 11.8 Å². The zero-order chi connectivity index (χ0) is 11.8. The van der Waals surface area contributed by atoms with Gasteiger partial charge >= 0.3 is 0 Å². The van der Waals surface area contributed by atoms with Gasteiger partial charge in [-0.15, -0.1) is 6.58 Å². The van der Waals surface area contributed by atoms with Gasteiger partial charge in [-0.1, -0.05) is 6.08 Å². The molecule has 1 rings (SSSR count). The molecule has 16 heavy (non-hydrogen) atoms. The zero-order valence-electron chi connectivity index (χ0n) is 9.33. The molecule has 1 saturated heterocycles. The molecule has 1 fully saturated rings. The lowest BCUT2D eigenvalue weighted by atomic mass is 9.99. The molecule has 0 aromatic heterocycles. The second-order valence-electron chi connectivity index (χ2n) is 3.70. The second kappa shape index (κ2) is 7.00. The van der Waals surface area contributed by atoms with Crippen LogP contribution in [0.3, 0.4) is 0 Å². The molecule has 1 heterocycles. The highest BCUT2D eigenvalue weighted by molar-refractivity contribution is 5.85. The minimum atomic E-state index is -0.194. The van der Waals surface area contributed by atoms with E-state index >= 15 is 0 Å². The molecular weight excluding hydrogens is 208 g/mol. The highest BCUT2D eigenvalue weighted by Crippen LogP contribution is 2.14. The van der Waals surface area contributed by atoms with Crippen LogP contribution in [0.2, 0.25) is 0 Å². The summed E-state index contributed by atoms with van der Waals surface area (Å²) in [5, 5.41) is 5.21. The fourth-order valence-electron chi connectivity index (χ4n) is 1.52. The van der Waals surface area contributed by atoms with Crippen LogP contribution in [0.15, 0.2) is 12.7 Å². The number of carbonyl (C=O) groups excluding carboxylic acids is 2. The fourth-order valence-corrected chi connectivity index (χ4v) is 1.52. The summed E-state index contributed by atoms with van der Waals surface area (Å²) in [6, 6.07) is 0. The molecule has 0 saturated carbocycles. The van der Waals surface area contributed by atoms with Crippen LogP contribution in [0.1, 0.15) is 12.8 Å². The van der Waals surface area contributed by atoms with Gasteiger partial charge in [0.25, 0.3) is 0 Å². The quantitative estimate of drug-likeness (QED) is 0.640. The van der Waals surface area contributed by atoms with Crippen LogP contribution in [-0.4, -0.2) is 38.1 Å². The predicted molar refractivity (Wildman–Crippen MR) is 59.8 cm³/mol. The van der Waals surface area contributed by atoms with E-state index in [9.17, 15) is 9.59 Å². The normalized spacial score (nSPS) is 16.5. The molecule has 0 aliphatic carbocycles. The van der Waals surface area contributed by atoms with Crippen LogP contribution >= 0.6 is 0 Å². The highest BCUT2D eigenvalue weighted by Gasteiger charge is 2.21. The van der Waals surface area contributed by atoms with Crippen molar-refractivity contribution in [3.8, 4) is 0 Å². The molecule has 2 N–H and O–H groups in total. The molecular formula is C11H18N2O3. The van der Waals surface area contributed by atoms with Crippen molar-refractivity contribution in [3.05, 3.63) is 12.7 Å². The Kier molecular flexibility index (Phi) is 5.56. The summed E-state index contributed by atoms with van der Waals surface area (Å²) in [4.78, 5) is 22.8. The SMILES string of the molecule is C=CCNC(=O)CNC(=O)C1CCOCC1. The van der Waals surface area contributed by atoms with Crippen molar-refractivity contribution in [2.45, 2.75) is 12.8 Å². The Labute approximate surface area is 95.2 Å². The largest absolute Gasteiger partial charge is 0.381 e. The lowest BCUT2D eigenvalue weighted by Crippen LogP contribution is -2.40. The van der Waals surface area contributed by atoms with Crippen LogP contribution in [0.4, 0.5) is 0 Å². The summed E-state index contributed by atoms with van der Waals surface area (Å²) >= 11 is 0. The van der Waals surface area contributed by atoms with E-state index < -0.39 is 0 Å². The number of amides is 2. The van der Waals surface area contributed by atoms with Crippen molar-refractivity contribution in [2.75, 3.05) is 26.3 Å². The molecule has 5 nitrogen and oxygen atoms in total. The molecule has 0 atom stereocenters. The van der Waals surface area contributed by atoms with Crippen LogP contribution in [0.25, 0.3) is 0 Å². The molecule has 2 amide bonds. The minimum absolute atomic E-state index is 0.0130. The van der Waals surface area contributed by atoms with Crippen molar-refractivity contribution >= 4 is 11.8 Å². The highest BCUT2D eigenvalue weighted by atomic mass is 16.5. The standard InChI is InChI=1S/C11H18N2O3/c1-2-5-12-10(14)8-13-11(15)9-3-6-16-7-4-9/h2,9H,1,3-8H2,(H,12,14)(H,13,15). The third-order valence-corrected chi connectivity index (χ3v) is 2.46. The summed E-state index contributed by atoms with van der Waals surface area (Å²) in [6.07, 6.45) is 3.07.